The van der Waals surface area contributed by atoms with Crippen molar-refractivity contribution < 1.29 is 9.32 Å². The van der Waals surface area contributed by atoms with Crippen LogP contribution in [0.2, 0.25) is 0 Å². The van der Waals surface area contributed by atoms with Gasteiger partial charge in [-0.3, -0.25) is 9.59 Å². The molecule has 0 aromatic carbocycles. The lowest BCUT2D eigenvalue weighted by Crippen LogP contribution is -2.31. The standard InChI is InChI=1S/C19H18N4O3S/c1-2-22-8-5-13-6-9-23(19(25)17(13)22)10-7-20-18(24)14-12-15(26-21-14)16-4-3-11-27-16/h3-6,8-9,11-12H,2,7,10H2,1H3,(H,20,24). The number of aryl methyl sites for hydroxylation is 1. The summed E-state index contributed by atoms with van der Waals surface area (Å²) in [6.07, 6.45) is 3.66. The Morgan fingerprint density at radius 2 is 2.07 bits per heavy atom. The summed E-state index contributed by atoms with van der Waals surface area (Å²) < 4.78 is 8.75. The molecular weight excluding hydrogens is 364 g/mol. The number of nitrogens with zero attached hydrogens (tertiary/aromatic N) is 3. The molecule has 0 atom stereocenters. The quantitative estimate of drug-likeness (QED) is 0.556. The number of carbonyl (C=O) groups is 1. The van der Waals surface area contributed by atoms with Crippen LogP contribution in [0.5, 0.6) is 0 Å². The second-order valence-corrected chi connectivity index (χ2v) is 6.98. The van der Waals surface area contributed by atoms with E-state index in [1.807, 2.05) is 47.3 Å². The van der Waals surface area contributed by atoms with Gasteiger partial charge in [0.15, 0.2) is 11.5 Å². The molecular formula is C19H18N4O3S. The van der Waals surface area contributed by atoms with Gasteiger partial charge in [0, 0.05) is 43.5 Å². The lowest BCUT2D eigenvalue weighted by molar-refractivity contribution is 0.0943. The topological polar surface area (TPSA) is 82.1 Å². The van der Waals surface area contributed by atoms with Crippen molar-refractivity contribution in [1.29, 1.82) is 0 Å². The molecule has 0 aliphatic rings. The summed E-state index contributed by atoms with van der Waals surface area (Å²) in [5.74, 6) is 0.241. The highest BCUT2D eigenvalue weighted by Crippen LogP contribution is 2.25. The first-order valence-electron chi connectivity index (χ1n) is 8.64. The number of hydrogen-bond acceptors (Lipinski definition) is 5. The summed E-state index contributed by atoms with van der Waals surface area (Å²) in [7, 11) is 0. The lowest BCUT2D eigenvalue weighted by atomic mass is 10.3. The van der Waals surface area contributed by atoms with Crippen LogP contribution in [0.4, 0.5) is 0 Å². The third-order valence-corrected chi connectivity index (χ3v) is 5.26. The number of nitrogens with one attached hydrogen (secondary N) is 1. The fraction of sp³-hybridized carbons (Fsp3) is 0.211. The number of fused-ring (bicyclic) bond motifs is 1. The second-order valence-electron chi connectivity index (χ2n) is 6.03. The van der Waals surface area contributed by atoms with Gasteiger partial charge < -0.3 is 19.0 Å². The Hall–Kier alpha value is -3.13. The molecule has 7 nitrogen and oxygen atoms in total. The maximum atomic E-state index is 12.7. The second kappa shape index (κ2) is 7.24. The number of amides is 1. The summed E-state index contributed by atoms with van der Waals surface area (Å²) in [5.41, 5.74) is 0.847. The van der Waals surface area contributed by atoms with Crippen LogP contribution in [0.25, 0.3) is 21.5 Å². The van der Waals surface area contributed by atoms with E-state index < -0.39 is 0 Å². The Balaban J connectivity index is 1.42. The van der Waals surface area contributed by atoms with Crippen molar-refractivity contribution in [3.8, 4) is 10.6 Å². The molecule has 4 aromatic heterocycles. The van der Waals surface area contributed by atoms with Crippen molar-refractivity contribution in [3.63, 3.8) is 0 Å². The number of aromatic nitrogens is 3. The van der Waals surface area contributed by atoms with Gasteiger partial charge in [0.25, 0.3) is 11.5 Å². The van der Waals surface area contributed by atoms with Crippen LogP contribution in [-0.4, -0.2) is 26.7 Å². The van der Waals surface area contributed by atoms with Crippen LogP contribution >= 0.6 is 11.3 Å². The smallest absolute Gasteiger partial charge is 0.275 e. The van der Waals surface area contributed by atoms with Crippen LogP contribution in [-0.2, 0) is 13.1 Å². The van der Waals surface area contributed by atoms with Crippen molar-refractivity contribution in [2.45, 2.75) is 20.0 Å². The molecule has 8 heteroatoms. The molecule has 0 saturated heterocycles. The van der Waals surface area contributed by atoms with Gasteiger partial charge in [-0.25, -0.2) is 0 Å². The van der Waals surface area contributed by atoms with E-state index in [1.54, 1.807) is 16.8 Å². The monoisotopic (exact) mass is 382 g/mol. The molecule has 1 amide bonds. The third-order valence-electron chi connectivity index (χ3n) is 4.38. The molecule has 0 aliphatic heterocycles. The Morgan fingerprint density at radius 1 is 1.26 bits per heavy atom. The number of pyridine rings is 1. The van der Waals surface area contributed by atoms with Crippen molar-refractivity contribution in [2.24, 2.45) is 0 Å². The summed E-state index contributed by atoms with van der Waals surface area (Å²) in [4.78, 5) is 25.8. The third kappa shape index (κ3) is 3.31. The fourth-order valence-corrected chi connectivity index (χ4v) is 3.65. The van der Waals surface area contributed by atoms with E-state index in [1.165, 1.54) is 11.3 Å². The van der Waals surface area contributed by atoms with E-state index in [0.717, 1.165) is 16.8 Å². The molecule has 0 aliphatic carbocycles. The van der Waals surface area contributed by atoms with Gasteiger partial charge in [-0.1, -0.05) is 11.2 Å². The lowest BCUT2D eigenvalue weighted by Gasteiger charge is -2.08. The van der Waals surface area contributed by atoms with Crippen LogP contribution in [0, 0.1) is 0 Å². The maximum Gasteiger partial charge on any atom is 0.275 e. The Bertz CT molecular complexity index is 1140. The van der Waals surface area contributed by atoms with E-state index in [4.69, 9.17) is 4.52 Å². The normalized spacial score (nSPS) is 11.1. The highest BCUT2D eigenvalue weighted by Gasteiger charge is 2.14. The molecule has 0 bridgehead atoms. The van der Waals surface area contributed by atoms with Crippen molar-refractivity contribution >= 4 is 28.1 Å². The predicted octanol–water partition coefficient (Wildman–Crippen LogP) is 2.97. The molecule has 138 valence electrons. The Kier molecular flexibility index (Phi) is 4.64. The SMILES string of the molecule is CCn1ccc2ccn(CCNC(=O)c3cc(-c4cccs4)on3)c(=O)c21. The van der Waals surface area contributed by atoms with Gasteiger partial charge in [-0.2, -0.15) is 0 Å². The highest BCUT2D eigenvalue weighted by atomic mass is 32.1. The zero-order valence-electron chi connectivity index (χ0n) is 14.7. The highest BCUT2D eigenvalue weighted by molar-refractivity contribution is 7.13. The first-order valence-corrected chi connectivity index (χ1v) is 9.52. The molecule has 0 radical (unpaired) electrons. The molecule has 4 aromatic rings. The summed E-state index contributed by atoms with van der Waals surface area (Å²) in [6.45, 7) is 3.43. The molecule has 1 N–H and O–H groups in total. The maximum absolute atomic E-state index is 12.7. The minimum Gasteiger partial charge on any atom is -0.355 e. The average molecular weight is 382 g/mol. The molecule has 4 heterocycles. The molecule has 27 heavy (non-hydrogen) atoms. The average Bonchev–Trinajstić information content (AvgIpc) is 3.42. The summed E-state index contributed by atoms with van der Waals surface area (Å²) >= 11 is 1.52. The van der Waals surface area contributed by atoms with Crippen molar-refractivity contribution in [2.75, 3.05) is 6.54 Å². The molecule has 4 rings (SSSR count). The van der Waals surface area contributed by atoms with Gasteiger partial charge in [0.1, 0.15) is 5.52 Å². The number of thiophene rings is 1. The molecule has 0 fully saturated rings. The zero-order valence-corrected chi connectivity index (χ0v) is 15.5. The van der Waals surface area contributed by atoms with Gasteiger partial charge in [-0.15, -0.1) is 11.3 Å². The predicted molar refractivity (Wildman–Crippen MR) is 104 cm³/mol. The minimum absolute atomic E-state index is 0.0602. The van der Waals surface area contributed by atoms with Crippen LogP contribution in [0.15, 0.2) is 57.4 Å². The van der Waals surface area contributed by atoms with Crippen molar-refractivity contribution in [1.82, 2.24) is 19.6 Å². The van der Waals surface area contributed by atoms with Crippen LogP contribution in [0.3, 0.4) is 0 Å². The van der Waals surface area contributed by atoms with E-state index in [-0.39, 0.29) is 17.2 Å². The Labute approximate surface area is 158 Å². The molecule has 0 spiro atoms. The summed E-state index contributed by atoms with van der Waals surface area (Å²) in [5, 5.41) is 9.45. The van der Waals surface area contributed by atoms with Gasteiger partial charge in [-0.05, 0) is 30.5 Å². The van der Waals surface area contributed by atoms with E-state index in [9.17, 15) is 9.59 Å². The van der Waals surface area contributed by atoms with Gasteiger partial charge in [0.2, 0.25) is 0 Å². The fourth-order valence-electron chi connectivity index (χ4n) is 2.98. The molecule has 0 saturated carbocycles. The Morgan fingerprint density at radius 3 is 2.81 bits per heavy atom. The first kappa shape index (κ1) is 17.3. The zero-order chi connectivity index (χ0) is 18.8. The number of carbonyl (C=O) groups excluding carboxylic acids is 1. The first-order chi connectivity index (χ1) is 13.2. The van der Waals surface area contributed by atoms with Gasteiger partial charge >= 0.3 is 0 Å². The number of hydrogen-bond donors (Lipinski definition) is 1. The van der Waals surface area contributed by atoms with Gasteiger partial charge in [0.05, 0.1) is 4.88 Å². The van der Waals surface area contributed by atoms with E-state index >= 15 is 0 Å². The van der Waals surface area contributed by atoms with E-state index in [2.05, 4.69) is 10.5 Å². The van der Waals surface area contributed by atoms with E-state index in [0.29, 0.717) is 24.4 Å². The molecule has 0 unspecified atom stereocenters. The van der Waals surface area contributed by atoms with Crippen LogP contribution in [0.1, 0.15) is 17.4 Å². The van der Waals surface area contributed by atoms with Crippen molar-refractivity contribution in [3.05, 3.63) is 64.2 Å². The minimum atomic E-state index is -0.326. The number of rotatable bonds is 6. The largest absolute Gasteiger partial charge is 0.355 e. The summed E-state index contributed by atoms with van der Waals surface area (Å²) in [6, 6.07) is 9.28. The van der Waals surface area contributed by atoms with Crippen LogP contribution < -0.4 is 10.9 Å².